The third-order valence-electron chi connectivity index (χ3n) is 1.06. The fourth-order valence-corrected chi connectivity index (χ4v) is 0.504. The Morgan fingerprint density at radius 2 is 2.10 bits per heavy atom. The molecule has 0 aromatic carbocycles. The van der Waals surface area contributed by atoms with E-state index in [9.17, 15) is 4.79 Å². The van der Waals surface area contributed by atoms with Crippen LogP contribution in [0.5, 0.6) is 0 Å². The molecule has 0 rings (SSSR count). The van der Waals surface area contributed by atoms with E-state index < -0.39 is 0 Å². The Morgan fingerprint density at radius 3 is 2.70 bits per heavy atom. The highest BCUT2D eigenvalue weighted by molar-refractivity contribution is 5.36. The second kappa shape index (κ2) is 8.43. The van der Waals surface area contributed by atoms with Gasteiger partial charge in [-0.15, -0.1) is 0 Å². The Hall–Kier alpha value is -0.570. The fraction of sp³-hybridized carbons (Fsp3) is 0.857. The third-order valence-corrected chi connectivity index (χ3v) is 1.06. The van der Waals surface area contributed by atoms with Crippen molar-refractivity contribution in [3.63, 3.8) is 0 Å². The van der Waals surface area contributed by atoms with Crippen LogP contribution in [0.1, 0.15) is 19.8 Å². The van der Waals surface area contributed by atoms with Gasteiger partial charge in [0.2, 0.25) is 0 Å². The van der Waals surface area contributed by atoms with E-state index in [1.165, 1.54) is 0 Å². The first kappa shape index (κ1) is 9.43. The van der Waals surface area contributed by atoms with E-state index in [1.54, 1.807) is 0 Å². The maximum atomic E-state index is 9.62. The van der Waals surface area contributed by atoms with E-state index in [0.717, 1.165) is 19.4 Å². The van der Waals surface area contributed by atoms with Gasteiger partial charge in [0, 0.05) is 6.61 Å². The van der Waals surface area contributed by atoms with Crippen LogP contribution in [0.4, 0.5) is 0 Å². The molecule has 10 heavy (non-hydrogen) atoms. The molecular formula is C7H14O3. The summed E-state index contributed by atoms with van der Waals surface area (Å²) in [6, 6.07) is 0. The average molecular weight is 146 g/mol. The SMILES string of the molecule is CCCCOCCOC=O. The predicted octanol–water partition coefficient (Wildman–Crippen LogP) is 0.976. The summed E-state index contributed by atoms with van der Waals surface area (Å²) in [5.74, 6) is 0. The molecule has 0 saturated heterocycles. The molecule has 0 amide bonds. The Kier molecular flexibility index (Phi) is 7.95. The number of carbonyl (C=O) groups excluding carboxylic acids is 1. The van der Waals surface area contributed by atoms with Crippen LogP contribution in [-0.4, -0.2) is 26.3 Å². The first-order valence-electron chi connectivity index (χ1n) is 3.54. The van der Waals surface area contributed by atoms with Crippen LogP contribution in [0.2, 0.25) is 0 Å². The molecule has 0 radical (unpaired) electrons. The van der Waals surface area contributed by atoms with Crippen molar-refractivity contribution >= 4 is 6.47 Å². The summed E-state index contributed by atoms with van der Waals surface area (Å²) >= 11 is 0. The van der Waals surface area contributed by atoms with Gasteiger partial charge in [-0.25, -0.2) is 0 Å². The van der Waals surface area contributed by atoms with E-state index in [4.69, 9.17) is 4.74 Å². The molecule has 0 aromatic rings. The van der Waals surface area contributed by atoms with E-state index in [1.807, 2.05) is 0 Å². The zero-order valence-electron chi connectivity index (χ0n) is 6.34. The van der Waals surface area contributed by atoms with E-state index in [2.05, 4.69) is 11.7 Å². The van der Waals surface area contributed by atoms with E-state index in [0.29, 0.717) is 19.7 Å². The van der Waals surface area contributed by atoms with Crippen molar-refractivity contribution in [3.8, 4) is 0 Å². The van der Waals surface area contributed by atoms with Crippen molar-refractivity contribution in [2.45, 2.75) is 19.8 Å². The molecule has 0 heterocycles. The van der Waals surface area contributed by atoms with Crippen molar-refractivity contribution in [1.29, 1.82) is 0 Å². The van der Waals surface area contributed by atoms with Crippen LogP contribution in [0, 0.1) is 0 Å². The lowest BCUT2D eigenvalue weighted by molar-refractivity contribution is -0.130. The van der Waals surface area contributed by atoms with Crippen molar-refractivity contribution in [1.82, 2.24) is 0 Å². The standard InChI is InChI=1S/C7H14O3/c1-2-3-4-9-5-6-10-7-8/h7H,2-6H2,1H3. The number of hydrogen-bond acceptors (Lipinski definition) is 3. The van der Waals surface area contributed by atoms with Gasteiger partial charge < -0.3 is 9.47 Å². The molecule has 3 nitrogen and oxygen atoms in total. The highest BCUT2D eigenvalue weighted by atomic mass is 16.5. The van der Waals surface area contributed by atoms with Crippen LogP contribution >= 0.6 is 0 Å². The van der Waals surface area contributed by atoms with Crippen molar-refractivity contribution in [3.05, 3.63) is 0 Å². The minimum atomic E-state index is 0.368. The largest absolute Gasteiger partial charge is 0.465 e. The predicted molar refractivity (Wildman–Crippen MR) is 37.7 cm³/mol. The van der Waals surface area contributed by atoms with Crippen LogP contribution < -0.4 is 0 Å². The highest BCUT2D eigenvalue weighted by Crippen LogP contribution is 1.86. The second-order valence-electron chi connectivity index (χ2n) is 1.93. The van der Waals surface area contributed by atoms with Gasteiger partial charge >= 0.3 is 0 Å². The molecule has 0 fully saturated rings. The van der Waals surface area contributed by atoms with E-state index >= 15 is 0 Å². The molecule has 0 atom stereocenters. The molecule has 0 aliphatic rings. The van der Waals surface area contributed by atoms with Gasteiger partial charge in [0.1, 0.15) is 6.61 Å². The summed E-state index contributed by atoms with van der Waals surface area (Å²) in [5.41, 5.74) is 0. The first-order valence-corrected chi connectivity index (χ1v) is 3.54. The second-order valence-corrected chi connectivity index (χ2v) is 1.93. The molecule has 60 valence electrons. The molecule has 0 aliphatic carbocycles. The average Bonchev–Trinajstić information content (AvgIpc) is 1.97. The van der Waals surface area contributed by atoms with Crippen molar-refractivity contribution in [2.24, 2.45) is 0 Å². The van der Waals surface area contributed by atoms with Gasteiger partial charge in [-0.2, -0.15) is 0 Å². The lowest BCUT2D eigenvalue weighted by Crippen LogP contribution is -2.03. The summed E-state index contributed by atoms with van der Waals surface area (Å²) in [5, 5.41) is 0. The summed E-state index contributed by atoms with van der Waals surface area (Å²) < 4.78 is 9.50. The number of carbonyl (C=O) groups is 1. The summed E-state index contributed by atoms with van der Waals surface area (Å²) in [6.45, 7) is 4.18. The Bertz CT molecular complexity index is 73.3. The smallest absolute Gasteiger partial charge is 0.293 e. The third kappa shape index (κ3) is 7.43. The lowest BCUT2D eigenvalue weighted by atomic mass is 10.4. The van der Waals surface area contributed by atoms with Crippen molar-refractivity contribution in [2.75, 3.05) is 19.8 Å². The maximum absolute atomic E-state index is 9.62. The van der Waals surface area contributed by atoms with Crippen LogP contribution in [-0.2, 0) is 14.3 Å². The normalized spacial score (nSPS) is 9.30. The molecule has 0 N–H and O–H groups in total. The zero-order chi connectivity index (χ0) is 7.66. The molecule has 0 aromatic heterocycles. The zero-order valence-corrected chi connectivity index (χ0v) is 6.34. The molecule has 3 heteroatoms. The number of unbranched alkanes of at least 4 members (excludes halogenated alkanes) is 1. The highest BCUT2D eigenvalue weighted by Gasteiger charge is 1.86. The van der Waals surface area contributed by atoms with Crippen molar-refractivity contribution < 1.29 is 14.3 Å². The summed E-state index contributed by atoms with van der Waals surface area (Å²) in [7, 11) is 0. The minimum Gasteiger partial charge on any atom is -0.465 e. The quantitative estimate of drug-likeness (QED) is 0.396. The first-order chi connectivity index (χ1) is 4.91. The summed E-state index contributed by atoms with van der Waals surface area (Å²) in [6.07, 6.45) is 2.20. The Morgan fingerprint density at radius 1 is 1.30 bits per heavy atom. The van der Waals surface area contributed by atoms with Crippen LogP contribution in [0.15, 0.2) is 0 Å². The van der Waals surface area contributed by atoms with Gasteiger partial charge in [0.05, 0.1) is 6.61 Å². The number of ether oxygens (including phenoxy) is 2. The van der Waals surface area contributed by atoms with E-state index in [-0.39, 0.29) is 0 Å². The molecule has 0 spiro atoms. The monoisotopic (exact) mass is 146 g/mol. The Balaban J connectivity index is 2.70. The number of hydrogen-bond donors (Lipinski definition) is 0. The molecule has 0 saturated carbocycles. The van der Waals surface area contributed by atoms with Crippen LogP contribution in [0.3, 0.4) is 0 Å². The molecule has 0 aliphatic heterocycles. The minimum absolute atomic E-state index is 0.368. The fourth-order valence-electron chi connectivity index (χ4n) is 0.504. The maximum Gasteiger partial charge on any atom is 0.293 e. The summed E-state index contributed by atoms with van der Waals surface area (Å²) in [4.78, 5) is 9.62. The molecule has 0 bridgehead atoms. The Labute approximate surface area is 61.3 Å². The van der Waals surface area contributed by atoms with Gasteiger partial charge in [-0.05, 0) is 6.42 Å². The van der Waals surface area contributed by atoms with Crippen LogP contribution in [0.25, 0.3) is 0 Å². The molecular weight excluding hydrogens is 132 g/mol. The van der Waals surface area contributed by atoms with Gasteiger partial charge in [-0.3, -0.25) is 4.79 Å². The van der Waals surface area contributed by atoms with Gasteiger partial charge in [0.15, 0.2) is 0 Å². The molecule has 0 unspecified atom stereocenters. The topological polar surface area (TPSA) is 35.5 Å². The number of rotatable bonds is 7. The van der Waals surface area contributed by atoms with Gasteiger partial charge in [0.25, 0.3) is 6.47 Å². The lowest BCUT2D eigenvalue weighted by Gasteiger charge is -2.00. The van der Waals surface area contributed by atoms with Gasteiger partial charge in [-0.1, -0.05) is 13.3 Å².